The van der Waals surface area contributed by atoms with Gasteiger partial charge >= 0.3 is 0 Å². The highest BCUT2D eigenvalue weighted by atomic mass is 14.1. The fourth-order valence-electron chi connectivity index (χ4n) is 2.20. The van der Waals surface area contributed by atoms with Crippen LogP contribution in [0.25, 0.3) is 5.57 Å². The van der Waals surface area contributed by atoms with Gasteiger partial charge in [0.15, 0.2) is 0 Å². The fraction of sp³-hybridized carbons (Fsp3) is 0.467. The second-order valence-electron chi connectivity index (χ2n) is 4.42. The predicted molar refractivity (Wildman–Crippen MR) is 66.9 cm³/mol. The predicted octanol–water partition coefficient (Wildman–Crippen LogP) is 4.60. The van der Waals surface area contributed by atoms with E-state index in [2.05, 4.69) is 37.3 Å². The Kier molecular flexibility index (Phi) is 3.60. The average Bonchev–Trinajstić information content (AvgIpc) is 2.80. The summed E-state index contributed by atoms with van der Waals surface area (Å²) in [7, 11) is 0. The highest BCUT2D eigenvalue weighted by molar-refractivity contribution is 5.67. The quantitative estimate of drug-likeness (QED) is 0.666. The summed E-state index contributed by atoms with van der Waals surface area (Å²) in [6.07, 6.45) is 10.1. The lowest BCUT2D eigenvalue weighted by atomic mass is 10.0. The van der Waals surface area contributed by atoms with Gasteiger partial charge in [-0.05, 0) is 48.8 Å². The van der Waals surface area contributed by atoms with Crippen molar-refractivity contribution in [3.8, 4) is 0 Å². The van der Waals surface area contributed by atoms with Crippen LogP contribution in [-0.2, 0) is 6.42 Å². The van der Waals surface area contributed by atoms with Crippen molar-refractivity contribution in [1.29, 1.82) is 0 Å². The van der Waals surface area contributed by atoms with Crippen molar-refractivity contribution >= 4 is 5.57 Å². The lowest BCUT2D eigenvalue weighted by Crippen LogP contribution is -1.86. The van der Waals surface area contributed by atoms with Crippen LogP contribution < -0.4 is 0 Å². The van der Waals surface area contributed by atoms with E-state index in [0.29, 0.717) is 0 Å². The molecule has 0 aromatic heterocycles. The summed E-state index contributed by atoms with van der Waals surface area (Å²) in [6.45, 7) is 2.25. The van der Waals surface area contributed by atoms with Crippen molar-refractivity contribution in [2.45, 2.75) is 45.4 Å². The van der Waals surface area contributed by atoms with Crippen molar-refractivity contribution in [2.24, 2.45) is 0 Å². The van der Waals surface area contributed by atoms with E-state index in [0.717, 1.165) is 0 Å². The lowest BCUT2D eigenvalue weighted by molar-refractivity contribution is 0.795. The van der Waals surface area contributed by atoms with Crippen LogP contribution in [0, 0.1) is 0 Å². The minimum Gasteiger partial charge on any atom is -0.0807 e. The van der Waals surface area contributed by atoms with Crippen LogP contribution in [0.3, 0.4) is 0 Å². The summed E-state index contributed by atoms with van der Waals surface area (Å²) in [5.41, 5.74) is 4.48. The minimum atomic E-state index is 1.23. The number of aryl methyl sites for hydroxylation is 1. The molecular weight excluding hydrogens is 180 g/mol. The topological polar surface area (TPSA) is 0 Å². The molecule has 0 heterocycles. The van der Waals surface area contributed by atoms with Gasteiger partial charge in [0.25, 0.3) is 0 Å². The van der Waals surface area contributed by atoms with Crippen LogP contribution in [0.1, 0.15) is 50.2 Å². The zero-order valence-electron chi connectivity index (χ0n) is 9.63. The number of hydrogen-bond acceptors (Lipinski definition) is 0. The zero-order valence-corrected chi connectivity index (χ0v) is 9.63. The number of unbranched alkanes of at least 4 members (excludes halogenated alkanes) is 1. The molecule has 0 fully saturated rings. The Balaban J connectivity index is 2.03. The molecular formula is C15H20. The van der Waals surface area contributed by atoms with Gasteiger partial charge in [-0.2, -0.15) is 0 Å². The van der Waals surface area contributed by atoms with Gasteiger partial charge in [-0.3, -0.25) is 0 Å². The number of rotatable bonds is 4. The molecule has 1 aromatic carbocycles. The van der Waals surface area contributed by atoms with E-state index in [1.54, 1.807) is 5.57 Å². The first-order valence-corrected chi connectivity index (χ1v) is 6.18. The number of benzene rings is 1. The zero-order chi connectivity index (χ0) is 10.5. The van der Waals surface area contributed by atoms with Crippen LogP contribution in [0.5, 0.6) is 0 Å². The van der Waals surface area contributed by atoms with Crippen molar-refractivity contribution in [1.82, 2.24) is 0 Å². The van der Waals surface area contributed by atoms with Crippen LogP contribution in [-0.4, -0.2) is 0 Å². The SMILES string of the molecule is CCCCc1ccc(C2=CCCC2)cc1. The minimum absolute atomic E-state index is 1.23. The number of allylic oxidation sites excluding steroid dienone is 2. The van der Waals surface area contributed by atoms with E-state index in [1.165, 1.54) is 49.7 Å². The van der Waals surface area contributed by atoms with Crippen molar-refractivity contribution in [3.05, 3.63) is 41.5 Å². The first kappa shape index (κ1) is 10.5. The van der Waals surface area contributed by atoms with Gasteiger partial charge in [-0.15, -0.1) is 0 Å². The molecule has 0 saturated heterocycles. The Hall–Kier alpha value is -1.04. The summed E-state index contributed by atoms with van der Waals surface area (Å²) in [6, 6.07) is 9.18. The normalized spacial score (nSPS) is 15.4. The van der Waals surface area contributed by atoms with Crippen molar-refractivity contribution < 1.29 is 0 Å². The second-order valence-corrected chi connectivity index (χ2v) is 4.42. The Morgan fingerprint density at radius 2 is 1.93 bits per heavy atom. The van der Waals surface area contributed by atoms with Gasteiger partial charge in [-0.25, -0.2) is 0 Å². The molecule has 1 aliphatic carbocycles. The summed E-state index contributed by atoms with van der Waals surface area (Å²) >= 11 is 0. The molecule has 0 bridgehead atoms. The maximum absolute atomic E-state index is 2.39. The smallest absolute Gasteiger partial charge is 0.0228 e. The Labute approximate surface area is 93.0 Å². The molecule has 0 spiro atoms. The lowest BCUT2D eigenvalue weighted by Gasteiger charge is -2.04. The number of hydrogen-bond donors (Lipinski definition) is 0. The second kappa shape index (κ2) is 5.16. The van der Waals surface area contributed by atoms with E-state index < -0.39 is 0 Å². The van der Waals surface area contributed by atoms with E-state index in [-0.39, 0.29) is 0 Å². The van der Waals surface area contributed by atoms with E-state index in [1.807, 2.05) is 0 Å². The largest absolute Gasteiger partial charge is 0.0807 e. The third-order valence-electron chi connectivity index (χ3n) is 3.18. The van der Waals surface area contributed by atoms with Crippen molar-refractivity contribution in [2.75, 3.05) is 0 Å². The van der Waals surface area contributed by atoms with Gasteiger partial charge < -0.3 is 0 Å². The maximum Gasteiger partial charge on any atom is -0.0228 e. The standard InChI is InChI=1S/C15H20/c1-2-3-6-13-9-11-15(12-10-13)14-7-4-5-8-14/h7,9-12H,2-6,8H2,1H3. The van der Waals surface area contributed by atoms with E-state index >= 15 is 0 Å². The van der Waals surface area contributed by atoms with Gasteiger partial charge in [0.2, 0.25) is 0 Å². The molecule has 0 amide bonds. The molecule has 0 unspecified atom stereocenters. The molecule has 0 heteroatoms. The molecule has 0 aliphatic heterocycles. The Morgan fingerprint density at radius 1 is 1.13 bits per heavy atom. The van der Waals surface area contributed by atoms with Crippen molar-refractivity contribution in [3.63, 3.8) is 0 Å². The molecule has 0 atom stereocenters. The Bertz CT molecular complexity index is 330. The van der Waals surface area contributed by atoms with Crippen LogP contribution in [0.4, 0.5) is 0 Å². The fourth-order valence-corrected chi connectivity index (χ4v) is 2.20. The first-order chi connectivity index (χ1) is 7.40. The average molecular weight is 200 g/mol. The van der Waals surface area contributed by atoms with Gasteiger partial charge in [0.1, 0.15) is 0 Å². The molecule has 1 aromatic rings. The molecule has 0 nitrogen and oxygen atoms in total. The van der Waals surface area contributed by atoms with Crippen LogP contribution in [0.15, 0.2) is 30.3 Å². The summed E-state index contributed by atoms with van der Waals surface area (Å²) in [5.74, 6) is 0. The van der Waals surface area contributed by atoms with Gasteiger partial charge in [0.05, 0.1) is 0 Å². The van der Waals surface area contributed by atoms with E-state index in [9.17, 15) is 0 Å². The van der Waals surface area contributed by atoms with Gasteiger partial charge in [0, 0.05) is 0 Å². The Morgan fingerprint density at radius 3 is 2.53 bits per heavy atom. The van der Waals surface area contributed by atoms with Crippen LogP contribution >= 0.6 is 0 Å². The monoisotopic (exact) mass is 200 g/mol. The van der Waals surface area contributed by atoms with E-state index in [4.69, 9.17) is 0 Å². The van der Waals surface area contributed by atoms with Crippen LogP contribution in [0.2, 0.25) is 0 Å². The third kappa shape index (κ3) is 2.71. The molecule has 15 heavy (non-hydrogen) atoms. The third-order valence-corrected chi connectivity index (χ3v) is 3.18. The van der Waals surface area contributed by atoms with Gasteiger partial charge in [-0.1, -0.05) is 43.7 Å². The highest BCUT2D eigenvalue weighted by Crippen LogP contribution is 2.27. The molecule has 0 saturated carbocycles. The highest BCUT2D eigenvalue weighted by Gasteiger charge is 2.06. The molecule has 0 radical (unpaired) electrons. The molecule has 80 valence electrons. The summed E-state index contributed by atoms with van der Waals surface area (Å²) < 4.78 is 0. The molecule has 2 rings (SSSR count). The molecule has 1 aliphatic rings. The summed E-state index contributed by atoms with van der Waals surface area (Å²) in [4.78, 5) is 0. The first-order valence-electron chi connectivity index (χ1n) is 6.18. The maximum atomic E-state index is 2.39. The molecule has 0 N–H and O–H groups in total. The summed E-state index contributed by atoms with van der Waals surface area (Å²) in [5, 5.41) is 0.